The Labute approximate surface area is 126 Å². The van der Waals surface area contributed by atoms with Gasteiger partial charge in [0.25, 0.3) is 0 Å². The molecule has 1 aromatic carbocycles. The first kappa shape index (κ1) is 17.2. The Hall–Kier alpha value is -1.88. The predicted octanol–water partition coefficient (Wildman–Crippen LogP) is 1.75. The number of nitrogens with one attached hydrogen (secondary N) is 1. The lowest BCUT2D eigenvalue weighted by atomic mass is 10.1. The molecule has 0 saturated carbocycles. The van der Waals surface area contributed by atoms with E-state index in [1.807, 2.05) is 32.9 Å². The molecule has 1 aromatic rings. The van der Waals surface area contributed by atoms with Crippen LogP contribution in [0.15, 0.2) is 12.1 Å². The van der Waals surface area contributed by atoms with Crippen LogP contribution >= 0.6 is 0 Å². The first-order valence-corrected chi connectivity index (χ1v) is 7.17. The average molecular weight is 291 g/mol. The molecule has 0 aliphatic rings. The Morgan fingerprint density at radius 2 is 1.76 bits per heavy atom. The molecule has 5 nitrogen and oxygen atoms in total. The quantitative estimate of drug-likeness (QED) is 0.838. The van der Waals surface area contributed by atoms with Crippen molar-refractivity contribution in [3.63, 3.8) is 0 Å². The van der Waals surface area contributed by atoms with Crippen LogP contribution in [0.5, 0.6) is 0 Å². The van der Waals surface area contributed by atoms with Crippen LogP contribution in [0, 0.1) is 20.8 Å². The number of hydrogen-bond donors (Lipinski definition) is 2. The molecule has 0 aromatic heterocycles. The summed E-state index contributed by atoms with van der Waals surface area (Å²) in [7, 11) is 1.63. The smallest absolute Gasteiger partial charge is 0.243 e. The van der Waals surface area contributed by atoms with Crippen molar-refractivity contribution >= 4 is 17.5 Å². The van der Waals surface area contributed by atoms with E-state index in [2.05, 4.69) is 5.32 Å². The summed E-state index contributed by atoms with van der Waals surface area (Å²) < 4.78 is 0. The maximum atomic E-state index is 12.1. The zero-order valence-corrected chi connectivity index (χ0v) is 13.3. The highest BCUT2D eigenvalue weighted by Crippen LogP contribution is 2.21. The molecule has 0 radical (unpaired) electrons. The number of nitrogens with zero attached hydrogens (tertiary/aromatic N) is 1. The predicted molar refractivity (Wildman–Crippen MR) is 85.2 cm³/mol. The maximum Gasteiger partial charge on any atom is 0.243 e. The van der Waals surface area contributed by atoms with E-state index in [4.69, 9.17) is 5.73 Å². The van der Waals surface area contributed by atoms with Gasteiger partial charge in [-0.25, -0.2) is 0 Å². The van der Waals surface area contributed by atoms with E-state index in [1.165, 1.54) is 4.90 Å². The standard InChI is InChI=1S/C16H25N3O2/c1-11-8-12(2)16(13(3)9-11)18-14(20)10-19(4)15(21)6-5-7-17/h8-9H,5-7,10,17H2,1-4H3,(H,18,20). The van der Waals surface area contributed by atoms with Gasteiger partial charge in [-0.3, -0.25) is 9.59 Å². The second-order valence-electron chi connectivity index (χ2n) is 5.46. The fourth-order valence-corrected chi connectivity index (χ4v) is 2.30. The Bertz CT molecular complexity index is 503. The van der Waals surface area contributed by atoms with Gasteiger partial charge in [0.05, 0.1) is 6.54 Å². The van der Waals surface area contributed by atoms with Crippen molar-refractivity contribution < 1.29 is 9.59 Å². The van der Waals surface area contributed by atoms with Crippen molar-refractivity contribution in [2.45, 2.75) is 33.6 Å². The summed E-state index contributed by atoms with van der Waals surface area (Å²) in [5.74, 6) is -0.249. The fraction of sp³-hybridized carbons (Fsp3) is 0.500. The van der Waals surface area contributed by atoms with E-state index in [1.54, 1.807) is 7.05 Å². The molecule has 0 atom stereocenters. The highest BCUT2D eigenvalue weighted by atomic mass is 16.2. The van der Waals surface area contributed by atoms with E-state index in [0.29, 0.717) is 19.4 Å². The van der Waals surface area contributed by atoms with Crippen molar-refractivity contribution in [1.82, 2.24) is 4.90 Å². The van der Waals surface area contributed by atoms with Crippen LogP contribution in [0.2, 0.25) is 0 Å². The summed E-state index contributed by atoms with van der Waals surface area (Å²) in [6, 6.07) is 4.05. The summed E-state index contributed by atoms with van der Waals surface area (Å²) >= 11 is 0. The first-order chi connectivity index (χ1) is 9.85. The zero-order chi connectivity index (χ0) is 16.0. The van der Waals surface area contributed by atoms with Crippen LogP contribution in [0.4, 0.5) is 5.69 Å². The van der Waals surface area contributed by atoms with Gasteiger partial charge < -0.3 is 16.0 Å². The number of nitrogens with two attached hydrogens (primary N) is 1. The Morgan fingerprint density at radius 1 is 1.19 bits per heavy atom. The van der Waals surface area contributed by atoms with Crippen LogP contribution < -0.4 is 11.1 Å². The van der Waals surface area contributed by atoms with Crippen molar-refractivity contribution in [2.75, 3.05) is 25.5 Å². The summed E-state index contributed by atoms with van der Waals surface area (Å²) in [5, 5.41) is 2.89. The monoisotopic (exact) mass is 291 g/mol. The molecule has 5 heteroatoms. The molecule has 0 bridgehead atoms. The first-order valence-electron chi connectivity index (χ1n) is 7.17. The number of benzene rings is 1. The number of amides is 2. The van der Waals surface area contributed by atoms with Crippen molar-refractivity contribution in [2.24, 2.45) is 5.73 Å². The van der Waals surface area contributed by atoms with Crippen molar-refractivity contribution in [3.8, 4) is 0 Å². The molecule has 21 heavy (non-hydrogen) atoms. The molecule has 0 spiro atoms. The van der Waals surface area contributed by atoms with Crippen LogP contribution in [0.3, 0.4) is 0 Å². The summed E-state index contributed by atoms with van der Waals surface area (Å²) in [6.07, 6.45) is 1.02. The minimum atomic E-state index is -0.186. The lowest BCUT2D eigenvalue weighted by molar-refractivity contribution is -0.133. The van der Waals surface area contributed by atoms with Gasteiger partial charge in [0, 0.05) is 19.2 Å². The van der Waals surface area contributed by atoms with Gasteiger partial charge in [-0.1, -0.05) is 17.7 Å². The number of hydrogen-bond acceptors (Lipinski definition) is 3. The second-order valence-corrected chi connectivity index (χ2v) is 5.46. The normalized spacial score (nSPS) is 10.3. The Kier molecular flexibility index (Phi) is 6.37. The topological polar surface area (TPSA) is 75.4 Å². The number of likely N-dealkylation sites (N-methyl/N-ethyl adjacent to an activating group) is 1. The number of carbonyl (C=O) groups excluding carboxylic acids is 2. The molecule has 116 valence electrons. The van der Waals surface area contributed by atoms with Gasteiger partial charge in [0.2, 0.25) is 11.8 Å². The summed E-state index contributed by atoms with van der Waals surface area (Å²) in [4.78, 5) is 25.3. The highest BCUT2D eigenvalue weighted by Gasteiger charge is 2.14. The number of anilines is 1. The van der Waals surface area contributed by atoms with Gasteiger partial charge in [0.1, 0.15) is 0 Å². The van der Waals surface area contributed by atoms with Gasteiger partial charge >= 0.3 is 0 Å². The number of carbonyl (C=O) groups is 2. The molecule has 1 rings (SSSR count). The lowest BCUT2D eigenvalue weighted by Gasteiger charge is -2.18. The largest absolute Gasteiger partial charge is 0.336 e. The summed E-state index contributed by atoms with van der Waals surface area (Å²) in [6.45, 7) is 6.48. The van der Waals surface area contributed by atoms with E-state index in [9.17, 15) is 9.59 Å². The van der Waals surface area contributed by atoms with Gasteiger partial charge in [-0.05, 0) is 44.9 Å². The number of rotatable bonds is 6. The molecule has 0 aliphatic carbocycles. The Morgan fingerprint density at radius 3 is 2.29 bits per heavy atom. The molecule has 0 saturated heterocycles. The molecule has 3 N–H and O–H groups in total. The van der Waals surface area contributed by atoms with Crippen LogP contribution in [-0.4, -0.2) is 36.9 Å². The number of aryl methyl sites for hydroxylation is 3. The van der Waals surface area contributed by atoms with Gasteiger partial charge in [0.15, 0.2) is 0 Å². The minimum Gasteiger partial charge on any atom is -0.336 e. The molecule has 0 aliphatic heterocycles. The van der Waals surface area contributed by atoms with Crippen LogP contribution in [0.25, 0.3) is 0 Å². The third kappa shape index (κ3) is 5.19. The lowest BCUT2D eigenvalue weighted by Crippen LogP contribution is -2.35. The molecular formula is C16H25N3O2. The molecule has 0 unspecified atom stereocenters. The Balaban J connectivity index is 2.64. The van der Waals surface area contributed by atoms with E-state index in [0.717, 1.165) is 22.4 Å². The van der Waals surface area contributed by atoms with E-state index in [-0.39, 0.29) is 18.4 Å². The average Bonchev–Trinajstić information content (AvgIpc) is 2.39. The molecular weight excluding hydrogens is 266 g/mol. The van der Waals surface area contributed by atoms with Crippen molar-refractivity contribution in [1.29, 1.82) is 0 Å². The zero-order valence-electron chi connectivity index (χ0n) is 13.3. The van der Waals surface area contributed by atoms with Gasteiger partial charge in [-0.15, -0.1) is 0 Å². The molecule has 2 amide bonds. The fourth-order valence-electron chi connectivity index (χ4n) is 2.30. The maximum absolute atomic E-state index is 12.1. The second kappa shape index (κ2) is 7.78. The van der Waals surface area contributed by atoms with E-state index >= 15 is 0 Å². The van der Waals surface area contributed by atoms with Crippen LogP contribution in [0.1, 0.15) is 29.5 Å². The third-order valence-corrected chi connectivity index (χ3v) is 3.34. The third-order valence-electron chi connectivity index (χ3n) is 3.34. The minimum absolute atomic E-state index is 0.0517. The molecule has 0 heterocycles. The van der Waals surface area contributed by atoms with Crippen molar-refractivity contribution in [3.05, 3.63) is 28.8 Å². The SMILES string of the molecule is Cc1cc(C)c(NC(=O)CN(C)C(=O)CCCN)c(C)c1. The highest BCUT2D eigenvalue weighted by molar-refractivity contribution is 5.95. The van der Waals surface area contributed by atoms with E-state index < -0.39 is 0 Å². The summed E-state index contributed by atoms with van der Waals surface area (Å²) in [5.41, 5.74) is 9.42. The molecule has 0 fully saturated rings. The van der Waals surface area contributed by atoms with Gasteiger partial charge in [-0.2, -0.15) is 0 Å². The van der Waals surface area contributed by atoms with Crippen LogP contribution in [-0.2, 0) is 9.59 Å².